The number of benzene rings is 1. The molecule has 1 N–H and O–H groups in total. The standard InChI is InChI=1S/C14H13ClN4S/c1-16-9-10-8-11(15)5-6-12(10)20-14-18-17-13-4-2-3-7-19(13)14/h2-8,16H,9H2,1H3. The van der Waals surface area contributed by atoms with E-state index < -0.39 is 0 Å². The molecule has 0 bridgehead atoms. The van der Waals surface area contributed by atoms with Gasteiger partial charge in [0.15, 0.2) is 10.8 Å². The molecule has 0 aliphatic heterocycles. The summed E-state index contributed by atoms with van der Waals surface area (Å²) >= 11 is 7.65. The molecule has 1 aromatic carbocycles. The zero-order chi connectivity index (χ0) is 13.9. The Balaban J connectivity index is 1.98. The summed E-state index contributed by atoms with van der Waals surface area (Å²) in [6, 6.07) is 11.7. The van der Waals surface area contributed by atoms with Crippen molar-refractivity contribution in [2.24, 2.45) is 0 Å². The van der Waals surface area contributed by atoms with E-state index in [1.54, 1.807) is 11.8 Å². The summed E-state index contributed by atoms with van der Waals surface area (Å²) < 4.78 is 1.97. The van der Waals surface area contributed by atoms with Gasteiger partial charge in [0.05, 0.1) is 0 Å². The molecule has 3 aromatic rings. The number of halogens is 1. The lowest BCUT2D eigenvalue weighted by atomic mass is 10.2. The SMILES string of the molecule is CNCc1cc(Cl)ccc1Sc1nnc2ccccn12. The van der Waals surface area contributed by atoms with E-state index in [0.29, 0.717) is 0 Å². The largest absolute Gasteiger partial charge is 0.316 e. The van der Waals surface area contributed by atoms with Gasteiger partial charge in [0, 0.05) is 22.7 Å². The quantitative estimate of drug-likeness (QED) is 0.803. The van der Waals surface area contributed by atoms with Gasteiger partial charge in [-0.15, -0.1) is 10.2 Å². The van der Waals surface area contributed by atoms with Gasteiger partial charge in [-0.05, 0) is 54.7 Å². The van der Waals surface area contributed by atoms with Gasteiger partial charge in [-0.2, -0.15) is 0 Å². The molecule has 0 atom stereocenters. The van der Waals surface area contributed by atoms with Gasteiger partial charge in [0.1, 0.15) is 0 Å². The van der Waals surface area contributed by atoms with E-state index in [1.165, 1.54) is 0 Å². The fourth-order valence-corrected chi connectivity index (χ4v) is 3.09. The first-order chi connectivity index (χ1) is 9.78. The summed E-state index contributed by atoms with van der Waals surface area (Å²) in [5.41, 5.74) is 2.00. The number of nitrogens with one attached hydrogen (secondary N) is 1. The predicted molar refractivity (Wildman–Crippen MR) is 81.3 cm³/mol. The third-order valence-electron chi connectivity index (χ3n) is 2.87. The van der Waals surface area contributed by atoms with Crippen LogP contribution in [0.15, 0.2) is 52.6 Å². The number of hydrogen-bond acceptors (Lipinski definition) is 4. The van der Waals surface area contributed by atoms with Crippen LogP contribution in [0.2, 0.25) is 5.02 Å². The summed E-state index contributed by atoms with van der Waals surface area (Å²) in [5.74, 6) is 0. The van der Waals surface area contributed by atoms with Gasteiger partial charge >= 0.3 is 0 Å². The second kappa shape index (κ2) is 5.83. The Morgan fingerprint density at radius 2 is 2.15 bits per heavy atom. The maximum atomic E-state index is 6.06. The highest BCUT2D eigenvalue weighted by molar-refractivity contribution is 7.99. The first kappa shape index (κ1) is 13.4. The van der Waals surface area contributed by atoms with Gasteiger partial charge in [-0.3, -0.25) is 4.40 Å². The number of nitrogens with zero attached hydrogens (tertiary/aromatic N) is 3. The van der Waals surface area contributed by atoms with E-state index in [1.807, 2.05) is 54.0 Å². The summed E-state index contributed by atoms with van der Waals surface area (Å²) in [6.07, 6.45) is 1.96. The summed E-state index contributed by atoms with van der Waals surface area (Å²) in [4.78, 5) is 1.13. The van der Waals surface area contributed by atoms with Crippen molar-refractivity contribution in [3.05, 3.63) is 53.2 Å². The molecular formula is C14H13ClN4S. The molecule has 0 amide bonds. The van der Waals surface area contributed by atoms with Gasteiger partial charge in [-0.25, -0.2) is 0 Å². The van der Waals surface area contributed by atoms with Gasteiger partial charge in [0.25, 0.3) is 0 Å². The third-order valence-corrected chi connectivity index (χ3v) is 4.19. The van der Waals surface area contributed by atoms with Crippen molar-refractivity contribution < 1.29 is 0 Å². The van der Waals surface area contributed by atoms with Crippen LogP contribution in [0.5, 0.6) is 0 Å². The van der Waals surface area contributed by atoms with Gasteiger partial charge in [0.2, 0.25) is 0 Å². The average Bonchev–Trinajstić information content (AvgIpc) is 2.86. The monoisotopic (exact) mass is 304 g/mol. The number of aromatic nitrogens is 3. The van der Waals surface area contributed by atoms with Gasteiger partial charge < -0.3 is 5.32 Å². The Hall–Kier alpha value is -1.56. The molecule has 0 aliphatic rings. The van der Waals surface area contributed by atoms with E-state index in [4.69, 9.17) is 11.6 Å². The maximum Gasteiger partial charge on any atom is 0.200 e. The molecule has 2 heterocycles. The fraction of sp³-hybridized carbons (Fsp3) is 0.143. The zero-order valence-corrected chi connectivity index (χ0v) is 12.4. The highest BCUT2D eigenvalue weighted by Crippen LogP contribution is 2.31. The minimum absolute atomic E-state index is 0.741. The Morgan fingerprint density at radius 3 is 3.00 bits per heavy atom. The fourth-order valence-electron chi connectivity index (χ4n) is 1.96. The average molecular weight is 305 g/mol. The van der Waals surface area contributed by atoms with Crippen molar-refractivity contribution in [1.29, 1.82) is 0 Å². The Kier molecular flexibility index (Phi) is 3.91. The molecule has 4 nitrogen and oxygen atoms in total. The first-order valence-electron chi connectivity index (χ1n) is 6.18. The molecule has 0 aliphatic carbocycles. The van der Waals surface area contributed by atoms with E-state index in [2.05, 4.69) is 15.5 Å². The summed E-state index contributed by atoms with van der Waals surface area (Å²) in [6.45, 7) is 0.764. The molecule has 6 heteroatoms. The smallest absolute Gasteiger partial charge is 0.200 e. The minimum Gasteiger partial charge on any atom is -0.316 e. The molecule has 20 heavy (non-hydrogen) atoms. The van der Waals surface area contributed by atoms with E-state index in [9.17, 15) is 0 Å². The minimum atomic E-state index is 0.741. The Labute approximate surface area is 126 Å². The highest BCUT2D eigenvalue weighted by Gasteiger charge is 2.10. The van der Waals surface area contributed by atoms with Crippen LogP contribution in [-0.4, -0.2) is 21.6 Å². The normalized spacial score (nSPS) is 11.1. The van der Waals surface area contributed by atoms with Crippen molar-refractivity contribution >= 4 is 29.0 Å². The molecule has 0 radical (unpaired) electrons. The third kappa shape index (κ3) is 2.65. The Bertz CT molecular complexity index is 741. The van der Waals surface area contributed by atoms with Crippen LogP contribution in [0.25, 0.3) is 5.65 Å². The highest BCUT2D eigenvalue weighted by atomic mass is 35.5. The molecule has 102 valence electrons. The van der Waals surface area contributed by atoms with Gasteiger partial charge in [-0.1, -0.05) is 17.7 Å². The van der Waals surface area contributed by atoms with E-state index in [0.717, 1.165) is 32.8 Å². The van der Waals surface area contributed by atoms with Crippen molar-refractivity contribution in [3.8, 4) is 0 Å². The number of hydrogen-bond donors (Lipinski definition) is 1. The first-order valence-corrected chi connectivity index (χ1v) is 7.38. The topological polar surface area (TPSA) is 42.2 Å². The van der Waals surface area contributed by atoms with Crippen LogP contribution >= 0.6 is 23.4 Å². The summed E-state index contributed by atoms with van der Waals surface area (Å²) in [5, 5.41) is 13.1. The van der Waals surface area contributed by atoms with E-state index in [-0.39, 0.29) is 0 Å². The molecule has 0 saturated carbocycles. The van der Waals surface area contributed by atoms with Crippen LogP contribution in [0, 0.1) is 0 Å². The second-order valence-electron chi connectivity index (χ2n) is 4.30. The maximum absolute atomic E-state index is 6.06. The Morgan fingerprint density at radius 1 is 1.25 bits per heavy atom. The van der Waals surface area contributed by atoms with Crippen molar-refractivity contribution in [2.75, 3.05) is 7.05 Å². The van der Waals surface area contributed by atoms with Crippen LogP contribution in [-0.2, 0) is 6.54 Å². The lowest BCUT2D eigenvalue weighted by Gasteiger charge is -2.08. The molecule has 0 fully saturated rings. The van der Waals surface area contributed by atoms with Crippen LogP contribution in [0.3, 0.4) is 0 Å². The molecule has 3 rings (SSSR count). The molecule has 0 saturated heterocycles. The van der Waals surface area contributed by atoms with Crippen LogP contribution in [0.4, 0.5) is 0 Å². The second-order valence-corrected chi connectivity index (χ2v) is 5.74. The van der Waals surface area contributed by atoms with Crippen LogP contribution < -0.4 is 5.32 Å². The lowest BCUT2D eigenvalue weighted by Crippen LogP contribution is -2.06. The van der Waals surface area contributed by atoms with Crippen LogP contribution in [0.1, 0.15) is 5.56 Å². The molecule has 0 unspecified atom stereocenters. The molecule has 2 aromatic heterocycles. The number of rotatable bonds is 4. The zero-order valence-electron chi connectivity index (χ0n) is 10.9. The lowest BCUT2D eigenvalue weighted by molar-refractivity contribution is 0.802. The predicted octanol–water partition coefficient (Wildman–Crippen LogP) is 3.25. The molecular weight excluding hydrogens is 292 g/mol. The number of fused-ring (bicyclic) bond motifs is 1. The summed E-state index contributed by atoms with van der Waals surface area (Å²) in [7, 11) is 1.92. The molecule has 0 spiro atoms. The van der Waals surface area contributed by atoms with Crippen molar-refractivity contribution in [3.63, 3.8) is 0 Å². The van der Waals surface area contributed by atoms with E-state index >= 15 is 0 Å². The van der Waals surface area contributed by atoms with Crippen molar-refractivity contribution in [1.82, 2.24) is 19.9 Å². The van der Waals surface area contributed by atoms with Crippen molar-refractivity contribution in [2.45, 2.75) is 16.6 Å². The number of pyridine rings is 1.